The molecule has 1 N–H and O–H groups in total. The normalized spacial score (nSPS) is 19.9. The molecule has 30 heavy (non-hydrogen) atoms. The Balaban J connectivity index is 1.51. The van der Waals surface area contributed by atoms with Gasteiger partial charge < -0.3 is 10.2 Å². The topological polar surface area (TPSA) is 70.7 Å². The van der Waals surface area contributed by atoms with E-state index in [1.807, 2.05) is 48.1 Å². The number of hydrogen-bond acceptors (Lipinski definition) is 4. The van der Waals surface area contributed by atoms with Crippen LogP contribution in [0.2, 0.25) is 0 Å². The van der Waals surface area contributed by atoms with E-state index in [4.69, 9.17) is 4.98 Å². The third kappa shape index (κ3) is 4.26. The van der Waals surface area contributed by atoms with Crippen LogP contribution in [0.15, 0.2) is 52.8 Å². The van der Waals surface area contributed by atoms with Crippen molar-refractivity contribution in [2.75, 3.05) is 14.1 Å². The molecule has 7 nitrogen and oxygen atoms in total. The van der Waals surface area contributed by atoms with Gasteiger partial charge in [-0.3, -0.25) is 4.98 Å². The van der Waals surface area contributed by atoms with Gasteiger partial charge in [-0.25, -0.2) is 14.7 Å². The van der Waals surface area contributed by atoms with Gasteiger partial charge in [-0.05, 0) is 83.8 Å². The van der Waals surface area contributed by atoms with Gasteiger partial charge in [-0.1, -0.05) is 0 Å². The second-order valence-corrected chi connectivity index (χ2v) is 8.09. The smallest absolute Gasteiger partial charge is 0.240 e. The zero-order valence-electron chi connectivity index (χ0n) is 17.9. The minimum atomic E-state index is 0.385. The van der Waals surface area contributed by atoms with E-state index in [9.17, 15) is 0 Å². The van der Waals surface area contributed by atoms with Crippen molar-refractivity contribution in [1.29, 1.82) is 0 Å². The molecule has 0 aromatic carbocycles. The molecule has 1 saturated carbocycles. The Morgan fingerprint density at radius 1 is 1.13 bits per heavy atom. The average molecular weight is 404 g/mol. The number of hydrogen-bond donors (Lipinski definition) is 1. The zero-order chi connectivity index (χ0) is 21.1. The minimum absolute atomic E-state index is 0.385. The van der Waals surface area contributed by atoms with Crippen LogP contribution in [0.3, 0.4) is 0 Å². The van der Waals surface area contributed by atoms with E-state index in [2.05, 4.69) is 46.1 Å². The number of pyridine rings is 2. The molecule has 0 saturated heterocycles. The summed E-state index contributed by atoms with van der Waals surface area (Å²) < 4.78 is 1.84. The van der Waals surface area contributed by atoms with Crippen molar-refractivity contribution in [2.45, 2.75) is 44.7 Å². The molecule has 1 fully saturated rings. The van der Waals surface area contributed by atoms with Crippen LogP contribution in [-0.4, -0.2) is 58.4 Å². The summed E-state index contributed by atoms with van der Waals surface area (Å²) in [4.78, 5) is 15.5. The predicted molar refractivity (Wildman–Crippen MR) is 123 cm³/mol. The van der Waals surface area contributed by atoms with E-state index in [0.717, 1.165) is 40.8 Å². The Kier molecular flexibility index (Phi) is 5.90. The maximum Gasteiger partial charge on any atom is 0.240 e. The summed E-state index contributed by atoms with van der Waals surface area (Å²) in [6, 6.07) is 11.0. The zero-order valence-corrected chi connectivity index (χ0v) is 17.9. The monoisotopic (exact) mass is 403 g/mol. The molecule has 0 atom stereocenters. The highest BCUT2D eigenvalue weighted by molar-refractivity contribution is 5.84. The molecule has 0 amide bonds. The lowest BCUT2D eigenvalue weighted by molar-refractivity contribution is 0.211. The summed E-state index contributed by atoms with van der Waals surface area (Å²) in [7, 11) is 4.31. The van der Waals surface area contributed by atoms with Gasteiger partial charge >= 0.3 is 0 Å². The maximum atomic E-state index is 4.75. The fourth-order valence-electron chi connectivity index (χ4n) is 4.11. The molecular formula is C23H29N7. The standard InChI is InChI=1S/C23H29N7/c1-16-19(20-11-12-21-22(27-20)6-5-14-25-21)13-15-30(16)28-23(24-2)26-17-7-9-18(10-8-17)29(3)4/h5-6,11-15,17-18H,2,7-10H2,1,3-4H3,(H,26,28). The van der Waals surface area contributed by atoms with Crippen molar-refractivity contribution in [2.24, 2.45) is 10.1 Å². The van der Waals surface area contributed by atoms with E-state index < -0.39 is 0 Å². The Morgan fingerprint density at radius 2 is 1.93 bits per heavy atom. The summed E-state index contributed by atoms with van der Waals surface area (Å²) in [6.07, 6.45) is 8.32. The first-order chi connectivity index (χ1) is 14.5. The summed E-state index contributed by atoms with van der Waals surface area (Å²) >= 11 is 0. The van der Waals surface area contributed by atoms with Crippen LogP contribution in [0, 0.1) is 6.92 Å². The number of aromatic nitrogens is 3. The molecule has 7 heteroatoms. The summed E-state index contributed by atoms with van der Waals surface area (Å²) in [5, 5.41) is 8.15. The molecule has 0 spiro atoms. The Labute approximate surface area is 177 Å². The van der Waals surface area contributed by atoms with Crippen molar-refractivity contribution in [1.82, 2.24) is 24.9 Å². The van der Waals surface area contributed by atoms with E-state index in [-0.39, 0.29) is 0 Å². The average Bonchev–Trinajstić information content (AvgIpc) is 3.13. The van der Waals surface area contributed by atoms with E-state index in [1.54, 1.807) is 6.20 Å². The Morgan fingerprint density at radius 3 is 2.67 bits per heavy atom. The maximum absolute atomic E-state index is 4.75. The lowest BCUT2D eigenvalue weighted by atomic mass is 9.91. The second kappa shape index (κ2) is 8.75. The highest BCUT2D eigenvalue weighted by Gasteiger charge is 2.23. The third-order valence-corrected chi connectivity index (χ3v) is 5.96. The molecule has 0 radical (unpaired) electrons. The van der Waals surface area contributed by atoms with Crippen LogP contribution in [-0.2, 0) is 0 Å². The van der Waals surface area contributed by atoms with Gasteiger partial charge in [0, 0.05) is 35.7 Å². The first-order valence-corrected chi connectivity index (χ1v) is 10.4. The second-order valence-electron chi connectivity index (χ2n) is 8.09. The number of aliphatic imine (C=N–C) groups is 1. The Bertz CT molecular complexity index is 1060. The van der Waals surface area contributed by atoms with Crippen LogP contribution in [0.1, 0.15) is 31.4 Å². The van der Waals surface area contributed by atoms with Crippen molar-refractivity contribution >= 4 is 23.7 Å². The lowest BCUT2D eigenvalue weighted by Crippen LogP contribution is -2.41. The molecule has 0 aliphatic heterocycles. The van der Waals surface area contributed by atoms with Gasteiger partial charge in [0.25, 0.3) is 0 Å². The first kappa shape index (κ1) is 20.2. The lowest BCUT2D eigenvalue weighted by Gasteiger charge is -2.33. The van der Waals surface area contributed by atoms with Gasteiger partial charge in [0.1, 0.15) is 0 Å². The van der Waals surface area contributed by atoms with E-state index >= 15 is 0 Å². The molecule has 4 rings (SSSR count). The molecule has 1 aliphatic carbocycles. The van der Waals surface area contributed by atoms with Gasteiger partial charge in [0.2, 0.25) is 5.96 Å². The van der Waals surface area contributed by atoms with Crippen LogP contribution in [0.25, 0.3) is 22.3 Å². The van der Waals surface area contributed by atoms with Crippen molar-refractivity contribution < 1.29 is 0 Å². The summed E-state index contributed by atoms with van der Waals surface area (Å²) in [5.41, 5.74) is 4.73. The van der Waals surface area contributed by atoms with Gasteiger partial charge in [0.05, 0.1) is 16.7 Å². The Hall–Kier alpha value is -3.06. The van der Waals surface area contributed by atoms with Crippen molar-refractivity contribution in [3.05, 3.63) is 48.4 Å². The van der Waals surface area contributed by atoms with Crippen LogP contribution >= 0.6 is 0 Å². The molecule has 3 aromatic rings. The molecule has 3 heterocycles. The molecule has 0 unspecified atom stereocenters. The summed E-state index contributed by atoms with van der Waals surface area (Å²) in [5.74, 6) is 0.559. The van der Waals surface area contributed by atoms with Crippen molar-refractivity contribution in [3.63, 3.8) is 0 Å². The number of guanidine groups is 1. The highest BCUT2D eigenvalue weighted by Crippen LogP contribution is 2.25. The highest BCUT2D eigenvalue weighted by atomic mass is 15.4. The van der Waals surface area contributed by atoms with E-state index in [0.29, 0.717) is 18.0 Å². The number of nitrogens with zero attached hydrogens (tertiary/aromatic N) is 6. The van der Waals surface area contributed by atoms with Gasteiger partial charge in [0.15, 0.2) is 0 Å². The fraction of sp³-hybridized carbons (Fsp3) is 0.391. The van der Waals surface area contributed by atoms with Crippen molar-refractivity contribution in [3.8, 4) is 11.3 Å². The molecular weight excluding hydrogens is 374 g/mol. The molecule has 1 aliphatic rings. The number of nitrogens with one attached hydrogen (secondary N) is 1. The van der Waals surface area contributed by atoms with Crippen LogP contribution in [0.4, 0.5) is 0 Å². The molecule has 0 bridgehead atoms. The number of rotatable bonds is 4. The van der Waals surface area contributed by atoms with Gasteiger partial charge in [-0.2, -0.15) is 0 Å². The fourth-order valence-corrected chi connectivity index (χ4v) is 4.11. The van der Waals surface area contributed by atoms with Crippen LogP contribution < -0.4 is 5.32 Å². The number of fused-ring (bicyclic) bond motifs is 1. The predicted octanol–water partition coefficient (Wildman–Crippen LogP) is 3.69. The molecule has 3 aromatic heterocycles. The SMILES string of the molecule is C=N/C(=N\n1ccc(-c2ccc3ncccc3n2)c1C)NC1CCC(N(C)C)CC1. The largest absolute Gasteiger partial charge is 0.350 e. The third-order valence-electron chi connectivity index (χ3n) is 5.96. The quantitative estimate of drug-likeness (QED) is 0.533. The van der Waals surface area contributed by atoms with Gasteiger partial charge in [-0.15, -0.1) is 5.10 Å². The first-order valence-electron chi connectivity index (χ1n) is 10.4. The van der Waals surface area contributed by atoms with E-state index in [1.165, 1.54) is 12.8 Å². The van der Waals surface area contributed by atoms with Crippen LogP contribution in [0.5, 0.6) is 0 Å². The molecule has 156 valence electrons. The minimum Gasteiger partial charge on any atom is -0.350 e. The summed E-state index contributed by atoms with van der Waals surface area (Å²) in [6.45, 7) is 5.75.